The molecule has 2 aliphatic rings. The molecular weight excluding hydrogens is 304 g/mol. The lowest BCUT2D eigenvalue weighted by atomic mass is 9.87. The minimum Gasteiger partial charge on any atom is -0.351 e. The topological polar surface area (TPSA) is 40.5 Å². The number of thioether (sulfide) groups is 1. The molecule has 126 valence electrons. The number of aliphatic imine (C=N–C) groups is 1. The zero-order valence-corrected chi connectivity index (χ0v) is 15.2. The van der Waals surface area contributed by atoms with Gasteiger partial charge < -0.3 is 10.2 Å². The molecular formula is C18H28N4S. The van der Waals surface area contributed by atoms with Crippen LogP contribution in [0.5, 0.6) is 0 Å². The van der Waals surface area contributed by atoms with Crippen molar-refractivity contribution in [3.8, 4) is 0 Å². The Balaban J connectivity index is 1.61. The Morgan fingerprint density at radius 3 is 2.91 bits per heavy atom. The molecule has 0 aromatic carbocycles. The molecule has 0 radical (unpaired) electrons. The monoisotopic (exact) mass is 332 g/mol. The van der Waals surface area contributed by atoms with Gasteiger partial charge in [-0.1, -0.05) is 25.3 Å². The number of guanidine groups is 1. The average Bonchev–Trinajstić information content (AvgIpc) is 2.56. The molecule has 1 saturated carbocycles. The van der Waals surface area contributed by atoms with Crippen molar-refractivity contribution in [2.75, 3.05) is 25.9 Å². The summed E-state index contributed by atoms with van der Waals surface area (Å²) in [6, 6.07) is 6.17. The number of aryl methyl sites for hydroxylation is 1. The Bertz CT molecular complexity index is 546. The van der Waals surface area contributed by atoms with Gasteiger partial charge in [-0.2, -0.15) is 11.8 Å². The van der Waals surface area contributed by atoms with Crippen LogP contribution in [0.3, 0.4) is 0 Å². The van der Waals surface area contributed by atoms with E-state index in [4.69, 9.17) is 0 Å². The van der Waals surface area contributed by atoms with Crippen molar-refractivity contribution in [3.63, 3.8) is 0 Å². The summed E-state index contributed by atoms with van der Waals surface area (Å²) in [6.45, 7) is 5.00. The second-order valence-corrected chi connectivity index (χ2v) is 8.25. The van der Waals surface area contributed by atoms with E-state index in [1.54, 1.807) is 0 Å². The Morgan fingerprint density at radius 2 is 2.17 bits per heavy atom. The first kappa shape index (κ1) is 16.6. The molecule has 4 nitrogen and oxygen atoms in total. The first-order valence-corrected chi connectivity index (χ1v) is 9.71. The minimum absolute atomic E-state index is 0.468. The van der Waals surface area contributed by atoms with Crippen LogP contribution in [0.25, 0.3) is 0 Å². The summed E-state index contributed by atoms with van der Waals surface area (Å²) < 4.78 is 0.468. The summed E-state index contributed by atoms with van der Waals surface area (Å²) >= 11 is 2.20. The molecule has 1 aromatic rings. The molecule has 1 spiro atoms. The van der Waals surface area contributed by atoms with E-state index in [2.05, 4.69) is 44.1 Å². The molecule has 0 unspecified atom stereocenters. The number of pyridine rings is 1. The van der Waals surface area contributed by atoms with Gasteiger partial charge in [0.25, 0.3) is 0 Å². The average molecular weight is 333 g/mol. The van der Waals surface area contributed by atoms with Gasteiger partial charge in [0.1, 0.15) is 0 Å². The lowest BCUT2D eigenvalue weighted by Gasteiger charge is -2.45. The number of hydrogen-bond acceptors (Lipinski definition) is 3. The zero-order valence-electron chi connectivity index (χ0n) is 14.3. The van der Waals surface area contributed by atoms with Gasteiger partial charge in [0.15, 0.2) is 5.96 Å². The second kappa shape index (κ2) is 7.56. The highest BCUT2D eigenvalue weighted by atomic mass is 32.2. The van der Waals surface area contributed by atoms with E-state index in [1.807, 2.05) is 20.0 Å². The number of nitrogens with one attached hydrogen (secondary N) is 1. The second-order valence-electron chi connectivity index (χ2n) is 6.68. The Labute approximate surface area is 144 Å². The van der Waals surface area contributed by atoms with Gasteiger partial charge in [0.05, 0.1) is 12.2 Å². The van der Waals surface area contributed by atoms with E-state index < -0.39 is 0 Å². The molecule has 1 aliphatic carbocycles. The van der Waals surface area contributed by atoms with Crippen LogP contribution in [0.1, 0.15) is 43.5 Å². The van der Waals surface area contributed by atoms with Gasteiger partial charge in [-0.05, 0) is 31.9 Å². The fourth-order valence-corrected chi connectivity index (χ4v) is 5.29. The summed E-state index contributed by atoms with van der Waals surface area (Å²) in [5.74, 6) is 2.24. The maximum absolute atomic E-state index is 4.57. The smallest absolute Gasteiger partial charge is 0.194 e. The Kier molecular flexibility index (Phi) is 5.46. The van der Waals surface area contributed by atoms with Crippen molar-refractivity contribution in [3.05, 3.63) is 29.6 Å². The molecule has 0 bridgehead atoms. The zero-order chi connectivity index (χ0) is 16.1. The quantitative estimate of drug-likeness (QED) is 0.667. The summed E-state index contributed by atoms with van der Waals surface area (Å²) in [4.78, 5) is 11.5. The number of nitrogens with zero attached hydrogens (tertiary/aromatic N) is 3. The van der Waals surface area contributed by atoms with Crippen LogP contribution in [0.15, 0.2) is 23.2 Å². The summed E-state index contributed by atoms with van der Waals surface area (Å²) in [7, 11) is 1.89. The van der Waals surface area contributed by atoms with Gasteiger partial charge in [-0.25, -0.2) is 0 Å². The fraction of sp³-hybridized carbons (Fsp3) is 0.667. The third-order valence-electron chi connectivity index (χ3n) is 4.90. The molecule has 1 N–H and O–H groups in total. The molecule has 5 heteroatoms. The molecule has 0 atom stereocenters. The minimum atomic E-state index is 0.468. The molecule has 3 rings (SSSR count). The molecule has 2 heterocycles. The Hall–Kier alpha value is -1.23. The van der Waals surface area contributed by atoms with E-state index in [1.165, 1.54) is 37.9 Å². The predicted octanol–water partition coefficient (Wildman–Crippen LogP) is 3.22. The first-order valence-electron chi connectivity index (χ1n) is 8.73. The summed E-state index contributed by atoms with van der Waals surface area (Å²) in [5, 5.41) is 3.51. The van der Waals surface area contributed by atoms with Gasteiger partial charge in [0, 0.05) is 36.3 Å². The number of aromatic nitrogens is 1. The maximum Gasteiger partial charge on any atom is 0.194 e. The maximum atomic E-state index is 4.57. The highest BCUT2D eigenvalue weighted by Crippen LogP contribution is 2.42. The van der Waals surface area contributed by atoms with Crippen LogP contribution in [-0.4, -0.2) is 46.5 Å². The van der Waals surface area contributed by atoms with Crippen molar-refractivity contribution < 1.29 is 0 Å². The van der Waals surface area contributed by atoms with Crippen LogP contribution in [0, 0.1) is 6.92 Å². The van der Waals surface area contributed by atoms with E-state index in [0.29, 0.717) is 4.75 Å². The number of hydrogen-bond donors (Lipinski definition) is 1. The molecule has 1 aliphatic heterocycles. The molecule has 23 heavy (non-hydrogen) atoms. The normalized spacial score (nSPS) is 21.5. The van der Waals surface area contributed by atoms with Gasteiger partial charge in [-0.15, -0.1) is 0 Å². The SMILES string of the molecule is CN=C(NCc1cccc(C)n1)N1CCSC2(CCCCC2)C1. The third-order valence-corrected chi connectivity index (χ3v) is 6.43. The highest BCUT2D eigenvalue weighted by Gasteiger charge is 2.38. The summed E-state index contributed by atoms with van der Waals surface area (Å²) in [6.07, 6.45) is 6.92. The first-order chi connectivity index (χ1) is 11.2. The van der Waals surface area contributed by atoms with E-state index in [0.717, 1.165) is 37.0 Å². The summed E-state index contributed by atoms with van der Waals surface area (Å²) in [5.41, 5.74) is 2.14. The van der Waals surface area contributed by atoms with Gasteiger partial charge >= 0.3 is 0 Å². The molecule has 1 aromatic heterocycles. The van der Waals surface area contributed by atoms with Crippen LogP contribution in [0.2, 0.25) is 0 Å². The van der Waals surface area contributed by atoms with Crippen molar-refractivity contribution in [2.24, 2.45) is 4.99 Å². The van der Waals surface area contributed by atoms with Crippen molar-refractivity contribution in [1.29, 1.82) is 0 Å². The van der Waals surface area contributed by atoms with Gasteiger partial charge in [0.2, 0.25) is 0 Å². The van der Waals surface area contributed by atoms with Crippen LogP contribution in [-0.2, 0) is 6.54 Å². The van der Waals surface area contributed by atoms with Crippen LogP contribution >= 0.6 is 11.8 Å². The lowest BCUT2D eigenvalue weighted by Crippen LogP contribution is -2.53. The Morgan fingerprint density at radius 1 is 1.35 bits per heavy atom. The predicted molar refractivity (Wildman–Crippen MR) is 99.0 cm³/mol. The van der Waals surface area contributed by atoms with Crippen LogP contribution < -0.4 is 5.32 Å². The van der Waals surface area contributed by atoms with E-state index >= 15 is 0 Å². The highest BCUT2D eigenvalue weighted by molar-refractivity contribution is 8.00. The van der Waals surface area contributed by atoms with E-state index in [-0.39, 0.29) is 0 Å². The van der Waals surface area contributed by atoms with Crippen molar-refractivity contribution in [1.82, 2.24) is 15.2 Å². The lowest BCUT2D eigenvalue weighted by molar-refractivity contribution is 0.293. The fourth-order valence-electron chi connectivity index (χ4n) is 3.72. The van der Waals surface area contributed by atoms with Crippen molar-refractivity contribution >= 4 is 17.7 Å². The molecule has 1 saturated heterocycles. The largest absolute Gasteiger partial charge is 0.351 e. The van der Waals surface area contributed by atoms with Crippen LogP contribution in [0.4, 0.5) is 0 Å². The molecule has 2 fully saturated rings. The van der Waals surface area contributed by atoms with Crippen molar-refractivity contribution in [2.45, 2.75) is 50.3 Å². The third kappa shape index (κ3) is 4.19. The standard InChI is InChI=1S/C18H28N4S/c1-15-7-6-8-16(21-15)13-20-17(19-2)22-11-12-23-18(14-22)9-4-3-5-10-18/h6-8H,3-5,9-14H2,1-2H3,(H,19,20). The molecule has 0 amide bonds. The van der Waals surface area contributed by atoms with E-state index in [9.17, 15) is 0 Å². The number of rotatable bonds is 2. The van der Waals surface area contributed by atoms with Gasteiger partial charge in [-0.3, -0.25) is 9.98 Å².